The molecule has 0 N–H and O–H groups in total. The largest absolute Gasteiger partial charge is 0.339 e. The van der Waals surface area contributed by atoms with Gasteiger partial charge in [0.2, 0.25) is 0 Å². The van der Waals surface area contributed by atoms with Gasteiger partial charge in [-0.1, -0.05) is 0 Å². The van der Waals surface area contributed by atoms with Gasteiger partial charge in [-0.05, 0) is 43.5 Å². The van der Waals surface area contributed by atoms with Crippen molar-refractivity contribution in [2.75, 3.05) is 19.3 Å². The summed E-state index contributed by atoms with van der Waals surface area (Å²) in [5, 5.41) is 0. The Morgan fingerprint density at radius 3 is 2.11 bits per heavy atom. The Morgan fingerprint density at radius 1 is 1.06 bits per heavy atom. The molecular formula is C13H17NO3S. The van der Waals surface area contributed by atoms with Crippen LogP contribution >= 0.6 is 0 Å². The number of sulfone groups is 1. The number of amides is 1. The molecule has 0 aliphatic carbocycles. The van der Waals surface area contributed by atoms with E-state index in [4.69, 9.17) is 0 Å². The number of hydrogen-bond acceptors (Lipinski definition) is 3. The van der Waals surface area contributed by atoms with E-state index in [0.29, 0.717) is 5.56 Å². The zero-order chi connectivity index (χ0) is 13.2. The van der Waals surface area contributed by atoms with Crippen LogP contribution < -0.4 is 0 Å². The number of nitrogens with zero attached hydrogens (tertiary/aromatic N) is 1. The lowest BCUT2D eigenvalue weighted by atomic mass is 10.1. The van der Waals surface area contributed by atoms with Crippen molar-refractivity contribution < 1.29 is 13.2 Å². The average molecular weight is 267 g/mol. The monoisotopic (exact) mass is 267 g/mol. The highest BCUT2D eigenvalue weighted by Gasteiger charge is 2.18. The Morgan fingerprint density at radius 2 is 1.61 bits per heavy atom. The number of carbonyl (C=O) groups is 1. The molecule has 1 amide bonds. The predicted octanol–water partition coefficient (Wildman–Crippen LogP) is 1.72. The normalized spacial score (nSPS) is 16.6. The number of hydrogen-bond donors (Lipinski definition) is 0. The molecule has 5 heteroatoms. The van der Waals surface area contributed by atoms with Gasteiger partial charge in [0.15, 0.2) is 9.84 Å². The maximum atomic E-state index is 12.1. The molecule has 1 aliphatic heterocycles. The summed E-state index contributed by atoms with van der Waals surface area (Å²) in [4.78, 5) is 14.2. The van der Waals surface area contributed by atoms with E-state index in [-0.39, 0.29) is 10.8 Å². The van der Waals surface area contributed by atoms with Crippen molar-refractivity contribution in [1.82, 2.24) is 4.90 Å². The van der Waals surface area contributed by atoms with E-state index in [1.807, 2.05) is 4.90 Å². The van der Waals surface area contributed by atoms with Crippen molar-refractivity contribution in [2.24, 2.45) is 0 Å². The maximum Gasteiger partial charge on any atom is 0.253 e. The van der Waals surface area contributed by atoms with Crippen molar-refractivity contribution in [1.29, 1.82) is 0 Å². The minimum absolute atomic E-state index is 0.00486. The highest BCUT2D eigenvalue weighted by Crippen LogP contribution is 2.15. The maximum absolute atomic E-state index is 12.1. The number of benzene rings is 1. The molecule has 1 fully saturated rings. The third-order valence-electron chi connectivity index (χ3n) is 3.17. The molecule has 0 radical (unpaired) electrons. The average Bonchev–Trinajstić information content (AvgIpc) is 2.38. The van der Waals surface area contributed by atoms with Crippen LogP contribution in [0.4, 0.5) is 0 Å². The number of carbonyl (C=O) groups excluding carboxylic acids is 1. The first-order chi connectivity index (χ1) is 8.48. The first-order valence-corrected chi connectivity index (χ1v) is 7.97. The Kier molecular flexibility index (Phi) is 3.71. The molecule has 2 rings (SSSR count). The van der Waals surface area contributed by atoms with Crippen molar-refractivity contribution in [2.45, 2.75) is 24.2 Å². The lowest BCUT2D eigenvalue weighted by Gasteiger charge is -2.26. The quantitative estimate of drug-likeness (QED) is 0.819. The fourth-order valence-corrected chi connectivity index (χ4v) is 2.75. The summed E-state index contributed by atoms with van der Waals surface area (Å²) in [6.07, 6.45) is 4.44. The third-order valence-corrected chi connectivity index (χ3v) is 4.30. The molecule has 0 atom stereocenters. The lowest BCUT2D eigenvalue weighted by Crippen LogP contribution is -2.35. The second-order valence-corrected chi connectivity index (χ2v) is 6.67. The smallest absolute Gasteiger partial charge is 0.253 e. The Hall–Kier alpha value is -1.36. The molecule has 98 valence electrons. The zero-order valence-electron chi connectivity index (χ0n) is 10.4. The van der Waals surface area contributed by atoms with E-state index in [1.165, 1.54) is 18.6 Å². The van der Waals surface area contributed by atoms with Crippen LogP contribution in [0.25, 0.3) is 0 Å². The second kappa shape index (κ2) is 5.10. The summed E-state index contributed by atoms with van der Waals surface area (Å²) < 4.78 is 22.6. The molecule has 1 heterocycles. The fourth-order valence-electron chi connectivity index (χ4n) is 2.12. The van der Waals surface area contributed by atoms with Crippen molar-refractivity contribution in [3.8, 4) is 0 Å². The molecule has 0 saturated carbocycles. The van der Waals surface area contributed by atoms with Crippen LogP contribution in [0.3, 0.4) is 0 Å². The van der Waals surface area contributed by atoms with Gasteiger partial charge >= 0.3 is 0 Å². The van der Waals surface area contributed by atoms with Crippen LogP contribution in [0.5, 0.6) is 0 Å². The Balaban J connectivity index is 2.16. The summed E-state index contributed by atoms with van der Waals surface area (Å²) in [6, 6.07) is 6.17. The molecule has 0 bridgehead atoms. The number of piperidine rings is 1. The SMILES string of the molecule is CS(=O)(=O)c1ccc(C(=O)N2CCCCC2)cc1. The topological polar surface area (TPSA) is 54.5 Å². The van der Waals surface area contributed by atoms with Gasteiger partial charge in [-0.2, -0.15) is 0 Å². The van der Waals surface area contributed by atoms with Crippen molar-refractivity contribution in [3.63, 3.8) is 0 Å². The Bertz CT molecular complexity index is 528. The van der Waals surface area contributed by atoms with Crippen LogP contribution in [-0.4, -0.2) is 38.6 Å². The van der Waals surface area contributed by atoms with Gasteiger partial charge in [0, 0.05) is 24.9 Å². The van der Waals surface area contributed by atoms with Crippen LogP contribution in [0.15, 0.2) is 29.2 Å². The van der Waals surface area contributed by atoms with E-state index >= 15 is 0 Å². The molecule has 0 unspecified atom stereocenters. The van der Waals surface area contributed by atoms with E-state index in [1.54, 1.807) is 12.1 Å². The minimum atomic E-state index is -3.20. The van der Waals surface area contributed by atoms with E-state index < -0.39 is 9.84 Å². The van der Waals surface area contributed by atoms with Gasteiger partial charge in [-0.25, -0.2) is 8.42 Å². The first kappa shape index (κ1) is 13.1. The highest BCUT2D eigenvalue weighted by molar-refractivity contribution is 7.90. The van der Waals surface area contributed by atoms with Gasteiger partial charge in [0.05, 0.1) is 4.90 Å². The van der Waals surface area contributed by atoms with E-state index in [9.17, 15) is 13.2 Å². The van der Waals surface area contributed by atoms with Gasteiger partial charge in [-0.3, -0.25) is 4.79 Å². The Labute approximate surface area is 108 Å². The summed E-state index contributed by atoms with van der Waals surface area (Å²) in [6.45, 7) is 1.60. The fraction of sp³-hybridized carbons (Fsp3) is 0.462. The molecule has 18 heavy (non-hydrogen) atoms. The zero-order valence-corrected chi connectivity index (χ0v) is 11.2. The van der Waals surface area contributed by atoms with Crippen LogP contribution in [0.1, 0.15) is 29.6 Å². The second-order valence-electron chi connectivity index (χ2n) is 4.65. The number of rotatable bonds is 2. The van der Waals surface area contributed by atoms with Crippen molar-refractivity contribution in [3.05, 3.63) is 29.8 Å². The van der Waals surface area contributed by atoms with Gasteiger partial charge in [0.1, 0.15) is 0 Å². The summed E-state index contributed by atoms with van der Waals surface area (Å²) >= 11 is 0. The predicted molar refractivity (Wildman–Crippen MR) is 69.3 cm³/mol. The van der Waals surface area contributed by atoms with Crippen LogP contribution in [0.2, 0.25) is 0 Å². The molecular weight excluding hydrogens is 250 g/mol. The van der Waals surface area contributed by atoms with Gasteiger partial charge < -0.3 is 4.90 Å². The molecule has 0 spiro atoms. The molecule has 1 aromatic carbocycles. The van der Waals surface area contributed by atoms with Gasteiger partial charge in [0.25, 0.3) is 5.91 Å². The molecule has 1 aliphatic rings. The van der Waals surface area contributed by atoms with Crippen LogP contribution in [-0.2, 0) is 9.84 Å². The molecule has 4 nitrogen and oxygen atoms in total. The number of likely N-dealkylation sites (tertiary alicyclic amines) is 1. The molecule has 0 aromatic heterocycles. The first-order valence-electron chi connectivity index (χ1n) is 6.08. The van der Waals surface area contributed by atoms with Gasteiger partial charge in [-0.15, -0.1) is 0 Å². The summed E-state index contributed by atoms with van der Waals surface area (Å²) in [5.74, 6) is -0.00486. The van der Waals surface area contributed by atoms with Crippen LogP contribution in [0, 0.1) is 0 Å². The summed E-state index contributed by atoms with van der Waals surface area (Å²) in [7, 11) is -3.20. The van der Waals surface area contributed by atoms with E-state index in [2.05, 4.69) is 0 Å². The highest BCUT2D eigenvalue weighted by atomic mass is 32.2. The van der Waals surface area contributed by atoms with E-state index in [0.717, 1.165) is 32.2 Å². The molecule has 1 aromatic rings. The molecule has 1 saturated heterocycles. The summed E-state index contributed by atoms with van der Waals surface area (Å²) in [5.41, 5.74) is 0.560. The minimum Gasteiger partial charge on any atom is -0.339 e. The standard InChI is InChI=1S/C13H17NO3S/c1-18(16,17)12-7-5-11(6-8-12)13(15)14-9-3-2-4-10-14/h5-8H,2-4,9-10H2,1H3. The van der Waals surface area contributed by atoms with Crippen molar-refractivity contribution >= 4 is 15.7 Å². The third kappa shape index (κ3) is 2.90. The lowest BCUT2D eigenvalue weighted by molar-refractivity contribution is 0.0724.